The molecule has 0 aliphatic heterocycles. The van der Waals surface area contributed by atoms with E-state index in [1.54, 1.807) is 0 Å². The maximum Gasteiger partial charge on any atom is 0.165 e. The molecule has 16 heavy (non-hydrogen) atoms. The summed E-state index contributed by atoms with van der Waals surface area (Å²) in [6.07, 6.45) is 5.85. The largest absolute Gasteiger partial charge is 0.307 e. The minimum Gasteiger partial charge on any atom is -0.307 e. The molecule has 2 aromatic rings. The molecule has 0 atom stereocenters. The lowest BCUT2D eigenvalue weighted by molar-refractivity contribution is 0.335. The predicted octanol–water partition coefficient (Wildman–Crippen LogP) is 2.13. The molecule has 2 heterocycles. The predicted molar refractivity (Wildman–Crippen MR) is 65.2 cm³/mol. The molecule has 0 aromatic carbocycles. The molecule has 1 N–H and O–H groups in total. The van der Waals surface area contributed by atoms with Crippen molar-refractivity contribution in [2.24, 2.45) is 0 Å². The fraction of sp³-hybridized carbons (Fsp3) is 0.455. The van der Waals surface area contributed by atoms with Crippen LogP contribution in [0.2, 0.25) is 0 Å². The van der Waals surface area contributed by atoms with Gasteiger partial charge < -0.3 is 5.32 Å². The van der Waals surface area contributed by atoms with Crippen molar-refractivity contribution < 1.29 is 0 Å². The topological polar surface area (TPSA) is 42.2 Å². The molecule has 84 valence electrons. The van der Waals surface area contributed by atoms with Crippen LogP contribution in [0.3, 0.4) is 0 Å². The summed E-state index contributed by atoms with van der Waals surface area (Å²) < 4.78 is 2.84. The van der Waals surface area contributed by atoms with Gasteiger partial charge in [0, 0.05) is 16.7 Å². The summed E-state index contributed by atoms with van der Waals surface area (Å²) in [5.41, 5.74) is 0.889. The lowest BCUT2D eigenvalue weighted by Crippen LogP contribution is -2.34. The van der Waals surface area contributed by atoms with Crippen LogP contribution in [-0.4, -0.2) is 20.6 Å². The Morgan fingerprint density at radius 3 is 3.12 bits per heavy atom. The maximum atomic E-state index is 4.46. The number of pyridine rings is 1. The van der Waals surface area contributed by atoms with Crippen molar-refractivity contribution in [2.45, 2.75) is 31.8 Å². The van der Waals surface area contributed by atoms with E-state index in [1.807, 2.05) is 22.8 Å². The average molecular weight is 281 g/mol. The molecule has 1 saturated carbocycles. The van der Waals surface area contributed by atoms with Crippen LogP contribution >= 0.6 is 15.9 Å². The Hall–Kier alpha value is -0.940. The van der Waals surface area contributed by atoms with Gasteiger partial charge in [0.25, 0.3) is 0 Å². The summed E-state index contributed by atoms with van der Waals surface area (Å²) in [5, 5.41) is 7.87. The third-order valence-electron chi connectivity index (χ3n) is 3.00. The molecule has 2 aromatic heterocycles. The number of aromatic nitrogens is 3. The van der Waals surface area contributed by atoms with Gasteiger partial charge in [0.1, 0.15) is 0 Å². The number of nitrogens with zero attached hydrogens (tertiary/aromatic N) is 3. The first-order chi connectivity index (χ1) is 7.81. The van der Waals surface area contributed by atoms with E-state index >= 15 is 0 Å². The Bertz CT molecular complexity index is 504. The van der Waals surface area contributed by atoms with Gasteiger partial charge in [-0.15, -0.1) is 5.10 Å². The number of hydrogen-bond donors (Lipinski definition) is 1. The van der Waals surface area contributed by atoms with E-state index in [9.17, 15) is 0 Å². The van der Waals surface area contributed by atoms with Gasteiger partial charge in [0.2, 0.25) is 0 Å². The zero-order valence-corrected chi connectivity index (χ0v) is 10.4. The maximum absolute atomic E-state index is 4.46. The Morgan fingerprint density at radius 1 is 1.50 bits per heavy atom. The molecule has 0 amide bonds. The molecule has 0 bridgehead atoms. The van der Waals surface area contributed by atoms with Crippen molar-refractivity contribution in [3.63, 3.8) is 0 Å². The Labute approximate surface area is 102 Å². The molecule has 3 rings (SSSR count). The van der Waals surface area contributed by atoms with Crippen molar-refractivity contribution in [3.8, 4) is 0 Å². The normalized spacial score (nSPS) is 16.6. The highest BCUT2D eigenvalue weighted by atomic mass is 79.9. The van der Waals surface area contributed by atoms with Crippen LogP contribution in [0.5, 0.6) is 0 Å². The van der Waals surface area contributed by atoms with Crippen LogP contribution in [0.25, 0.3) is 5.65 Å². The molecule has 0 spiro atoms. The number of halogens is 1. The summed E-state index contributed by atoms with van der Waals surface area (Å²) >= 11 is 3.43. The molecular formula is C11H13BrN4. The highest BCUT2D eigenvalue weighted by Crippen LogP contribution is 2.18. The van der Waals surface area contributed by atoms with Gasteiger partial charge in [-0.05, 0) is 25.0 Å². The molecular weight excluding hydrogens is 268 g/mol. The zero-order valence-electron chi connectivity index (χ0n) is 8.86. The van der Waals surface area contributed by atoms with E-state index < -0.39 is 0 Å². The number of rotatable bonds is 3. The second-order valence-corrected chi connectivity index (χ2v) is 5.10. The molecule has 4 nitrogen and oxygen atoms in total. The molecule has 0 unspecified atom stereocenters. The van der Waals surface area contributed by atoms with Gasteiger partial charge in [-0.1, -0.05) is 22.4 Å². The summed E-state index contributed by atoms with van der Waals surface area (Å²) in [6, 6.07) is 4.61. The third-order valence-corrected chi connectivity index (χ3v) is 3.49. The lowest BCUT2D eigenvalue weighted by atomic mass is 9.93. The monoisotopic (exact) mass is 280 g/mol. The molecule has 5 heteroatoms. The van der Waals surface area contributed by atoms with Gasteiger partial charge in [-0.2, -0.15) is 0 Å². The lowest BCUT2D eigenvalue weighted by Gasteiger charge is -2.25. The Balaban J connectivity index is 1.76. The van der Waals surface area contributed by atoms with Crippen LogP contribution in [0.4, 0.5) is 0 Å². The van der Waals surface area contributed by atoms with E-state index in [4.69, 9.17) is 0 Å². The quantitative estimate of drug-likeness (QED) is 0.937. The molecule has 1 aliphatic carbocycles. The fourth-order valence-corrected chi connectivity index (χ4v) is 2.15. The minimum atomic E-state index is 0.679. The van der Waals surface area contributed by atoms with Gasteiger partial charge in [0.15, 0.2) is 11.5 Å². The van der Waals surface area contributed by atoms with Crippen molar-refractivity contribution in [3.05, 3.63) is 28.6 Å². The third kappa shape index (κ3) is 1.97. The first kappa shape index (κ1) is 10.2. The minimum absolute atomic E-state index is 0.679. The van der Waals surface area contributed by atoms with E-state index in [0.29, 0.717) is 6.04 Å². The fourth-order valence-electron chi connectivity index (χ4n) is 1.83. The highest BCUT2D eigenvalue weighted by molar-refractivity contribution is 9.10. The molecule has 1 aliphatic rings. The van der Waals surface area contributed by atoms with Crippen LogP contribution < -0.4 is 5.32 Å². The van der Waals surface area contributed by atoms with Gasteiger partial charge in [-0.3, -0.25) is 0 Å². The Kier molecular flexibility index (Phi) is 2.65. The van der Waals surface area contributed by atoms with Crippen molar-refractivity contribution >= 4 is 21.6 Å². The van der Waals surface area contributed by atoms with Crippen LogP contribution in [0.1, 0.15) is 25.1 Å². The number of fused-ring (bicyclic) bond motifs is 1. The van der Waals surface area contributed by atoms with Gasteiger partial charge in [0.05, 0.1) is 6.54 Å². The second-order valence-electron chi connectivity index (χ2n) is 4.18. The van der Waals surface area contributed by atoms with Crippen LogP contribution in [0, 0.1) is 0 Å². The van der Waals surface area contributed by atoms with E-state index in [0.717, 1.165) is 22.5 Å². The van der Waals surface area contributed by atoms with E-state index in [1.165, 1.54) is 19.3 Å². The first-order valence-electron chi connectivity index (χ1n) is 5.55. The molecule has 0 radical (unpaired) electrons. The smallest absolute Gasteiger partial charge is 0.165 e. The zero-order chi connectivity index (χ0) is 11.0. The first-order valence-corrected chi connectivity index (χ1v) is 6.35. The SMILES string of the molecule is Brc1ccn2nc(CNC3CCC3)nc2c1. The Morgan fingerprint density at radius 2 is 2.38 bits per heavy atom. The van der Waals surface area contributed by atoms with E-state index in [-0.39, 0.29) is 0 Å². The second kappa shape index (κ2) is 4.14. The number of hydrogen-bond acceptors (Lipinski definition) is 3. The highest BCUT2D eigenvalue weighted by Gasteiger charge is 2.17. The van der Waals surface area contributed by atoms with Crippen LogP contribution in [0.15, 0.2) is 22.8 Å². The summed E-state index contributed by atoms with van der Waals surface area (Å²) in [4.78, 5) is 4.46. The summed E-state index contributed by atoms with van der Waals surface area (Å²) in [5.74, 6) is 0.866. The van der Waals surface area contributed by atoms with Crippen molar-refractivity contribution in [1.29, 1.82) is 0 Å². The van der Waals surface area contributed by atoms with Gasteiger partial charge >= 0.3 is 0 Å². The average Bonchev–Trinajstić information content (AvgIpc) is 2.57. The van der Waals surface area contributed by atoms with Crippen LogP contribution in [-0.2, 0) is 6.54 Å². The number of nitrogens with one attached hydrogen (secondary N) is 1. The van der Waals surface area contributed by atoms with Gasteiger partial charge in [-0.25, -0.2) is 9.50 Å². The van der Waals surface area contributed by atoms with E-state index in [2.05, 4.69) is 31.3 Å². The summed E-state index contributed by atoms with van der Waals surface area (Å²) in [6.45, 7) is 0.768. The van der Waals surface area contributed by atoms with Crippen molar-refractivity contribution in [2.75, 3.05) is 0 Å². The van der Waals surface area contributed by atoms with Crippen molar-refractivity contribution in [1.82, 2.24) is 19.9 Å². The molecule has 1 fully saturated rings. The summed E-state index contributed by atoms with van der Waals surface area (Å²) in [7, 11) is 0. The standard InChI is InChI=1S/C11H13BrN4/c12-8-4-5-16-11(6-8)14-10(15-16)7-13-9-2-1-3-9/h4-6,9,13H,1-3,7H2. The molecule has 0 saturated heterocycles.